The van der Waals surface area contributed by atoms with E-state index in [1.807, 2.05) is 0 Å². The van der Waals surface area contributed by atoms with Crippen LogP contribution in [0.3, 0.4) is 0 Å². The van der Waals surface area contributed by atoms with Gasteiger partial charge in [-0.3, -0.25) is 0 Å². The van der Waals surface area contributed by atoms with Crippen molar-refractivity contribution < 1.29 is 70.5 Å². The zero-order valence-corrected chi connectivity index (χ0v) is 14.4. The van der Waals surface area contributed by atoms with Gasteiger partial charge in [-0.15, -0.1) is 8.78 Å². The Bertz CT molecular complexity index is 416. The second-order valence-electron chi connectivity index (χ2n) is 5.26. The minimum Gasteiger partial charge on any atom is -0.394 e. The average Bonchev–Trinajstić information content (AvgIpc) is 2.54. The second kappa shape index (κ2) is 12.7. The van der Waals surface area contributed by atoms with Gasteiger partial charge in [0.2, 0.25) is 0 Å². The zero-order valence-electron chi connectivity index (χ0n) is 14.4. The number of aliphatic hydroxyl groups is 4. The number of aliphatic hydroxyl groups excluding tert-OH is 4. The van der Waals surface area contributed by atoms with Crippen molar-refractivity contribution in [1.82, 2.24) is 0 Å². The molecule has 0 spiro atoms. The SMILES string of the molecule is OCC(O)COCCOCC(F)(F)OC(F)(F)OC(F)(F)COCC(O)CO. The highest BCUT2D eigenvalue weighted by Crippen LogP contribution is 2.33. The van der Waals surface area contributed by atoms with Crippen LogP contribution in [0.1, 0.15) is 0 Å². The van der Waals surface area contributed by atoms with Crippen molar-refractivity contribution in [3.63, 3.8) is 0 Å². The van der Waals surface area contributed by atoms with Crippen LogP contribution >= 0.6 is 0 Å². The summed E-state index contributed by atoms with van der Waals surface area (Å²) in [6.45, 7) is -7.07. The molecule has 0 bridgehead atoms. The van der Waals surface area contributed by atoms with E-state index in [0.29, 0.717) is 0 Å². The third-order valence-electron chi connectivity index (χ3n) is 2.49. The molecule has 0 fully saturated rings. The van der Waals surface area contributed by atoms with Crippen molar-refractivity contribution >= 4 is 0 Å². The Morgan fingerprint density at radius 2 is 1.04 bits per heavy atom. The van der Waals surface area contributed by atoms with Crippen LogP contribution in [0.25, 0.3) is 0 Å². The van der Waals surface area contributed by atoms with E-state index >= 15 is 0 Å². The molecular formula is C13H22F6O9. The Hall–Kier alpha value is -0.780. The van der Waals surface area contributed by atoms with Gasteiger partial charge in [-0.05, 0) is 0 Å². The van der Waals surface area contributed by atoms with Crippen molar-refractivity contribution in [2.24, 2.45) is 0 Å². The maximum atomic E-state index is 13.2. The third-order valence-corrected chi connectivity index (χ3v) is 2.49. The fourth-order valence-electron chi connectivity index (χ4n) is 1.37. The molecule has 15 heteroatoms. The smallest absolute Gasteiger partial charge is 0.394 e. The van der Waals surface area contributed by atoms with E-state index in [9.17, 15) is 26.3 Å². The first kappa shape index (κ1) is 27.2. The lowest BCUT2D eigenvalue weighted by molar-refractivity contribution is -0.518. The van der Waals surface area contributed by atoms with Crippen LogP contribution in [0.5, 0.6) is 0 Å². The van der Waals surface area contributed by atoms with Gasteiger partial charge in [0.15, 0.2) is 0 Å². The van der Waals surface area contributed by atoms with Gasteiger partial charge in [0.25, 0.3) is 0 Å². The quantitative estimate of drug-likeness (QED) is 0.136. The van der Waals surface area contributed by atoms with Crippen LogP contribution in [0.2, 0.25) is 0 Å². The molecule has 0 heterocycles. The van der Waals surface area contributed by atoms with Crippen LogP contribution in [0.15, 0.2) is 0 Å². The van der Waals surface area contributed by atoms with E-state index in [1.165, 1.54) is 0 Å². The van der Waals surface area contributed by atoms with Crippen molar-refractivity contribution in [1.29, 1.82) is 0 Å². The Labute approximate surface area is 155 Å². The number of hydrogen-bond acceptors (Lipinski definition) is 9. The first-order valence-corrected chi connectivity index (χ1v) is 7.67. The monoisotopic (exact) mass is 436 g/mol. The van der Waals surface area contributed by atoms with Crippen molar-refractivity contribution in [2.75, 3.05) is 52.9 Å². The predicted molar refractivity (Wildman–Crippen MR) is 75.7 cm³/mol. The molecule has 0 amide bonds. The number of rotatable bonds is 17. The van der Waals surface area contributed by atoms with Gasteiger partial charge in [0, 0.05) is 0 Å². The molecule has 28 heavy (non-hydrogen) atoms. The molecule has 2 atom stereocenters. The molecule has 170 valence electrons. The lowest BCUT2D eigenvalue weighted by Crippen LogP contribution is -2.44. The highest BCUT2D eigenvalue weighted by molar-refractivity contribution is 4.58. The summed E-state index contributed by atoms with van der Waals surface area (Å²) < 4.78 is 98.0. The minimum absolute atomic E-state index is 0.328. The summed E-state index contributed by atoms with van der Waals surface area (Å²) in [6.07, 6.45) is -17.6. The molecule has 2 unspecified atom stereocenters. The van der Waals surface area contributed by atoms with Crippen LogP contribution in [-0.4, -0.2) is 104 Å². The third kappa shape index (κ3) is 14.3. The molecule has 0 radical (unpaired) electrons. The zero-order chi connectivity index (χ0) is 21.8. The van der Waals surface area contributed by atoms with Gasteiger partial charge in [-0.25, -0.2) is 9.47 Å². The number of halogens is 6. The van der Waals surface area contributed by atoms with Crippen molar-refractivity contribution in [3.8, 4) is 0 Å². The van der Waals surface area contributed by atoms with Gasteiger partial charge in [0.05, 0.1) is 39.6 Å². The van der Waals surface area contributed by atoms with Gasteiger partial charge >= 0.3 is 18.5 Å². The molecule has 0 aromatic carbocycles. The topological polar surface area (TPSA) is 127 Å². The molecule has 0 aromatic rings. The van der Waals surface area contributed by atoms with E-state index in [-0.39, 0.29) is 13.2 Å². The predicted octanol–water partition coefficient (Wildman–Crippen LogP) is -0.488. The molecule has 0 saturated heterocycles. The summed E-state index contributed by atoms with van der Waals surface area (Å²) >= 11 is 0. The van der Waals surface area contributed by atoms with Crippen molar-refractivity contribution in [2.45, 2.75) is 30.7 Å². The number of alkyl halides is 6. The molecule has 0 aliphatic carbocycles. The number of hydrogen-bond donors (Lipinski definition) is 4. The van der Waals surface area contributed by atoms with Crippen LogP contribution in [-0.2, 0) is 23.7 Å². The van der Waals surface area contributed by atoms with E-state index in [4.69, 9.17) is 25.2 Å². The van der Waals surface area contributed by atoms with E-state index in [2.05, 4.69) is 18.9 Å². The first-order valence-electron chi connectivity index (χ1n) is 7.67. The Morgan fingerprint density at radius 1 is 0.643 bits per heavy atom. The first-order chi connectivity index (χ1) is 12.8. The average molecular weight is 436 g/mol. The molecule has 9 nitrogen and oxygen atoms in total. The molecule has 0 aliphatic rings. The maximum absolute atomic E-state index is 13.2. The van der Waals surface area contributed by atoms with Gasteiger partial charge < -0.3 is 34.6 Å². The maximum Gasteiger partial charge on any atom is 0.495 e. The van der Waals surface area contributed by atoms with Crippen LogP contribution in [0, 0.1) is 0 Å². The number of ether oxygens (including phenoxy) is 5. The lowest BCUT2D eigenvalue weighted by atomic mass is 10.4. The summed E-state index contributed by atoms with van der Waals surface area (Å²) in [5.41, 5.74) is 0. The molecule has 0 aromatic heterocycles. The van der Waals surface area contributed by atoms with Crippen LogP contribution in [0.4, 0.5) is 26.3 Å². The summed E-state index contributed by atoms with van der Waals surface area (Å²) in [5, 5.41) is 34.6. The molecule has 0 saturated carbocycles. The summed E-state index contributed by atoms with van der Waals surface area (Å²) in [5.74, 6) is 0. The van der Waals surface area contributed by atoms with E-state index in [0.717, 1.165) is 0 Å². The molecule has 0 aliphatic heterocycles. The summed E-state index contributed by atoms with van der Waals surface area (Å²) in [4.78, 5) is 0. The Morgan fingerprint density at radius 3 is 1.50 bits per heavy atom. The summed E-state index contributed by atoms with van der Waals surface area (Å²) in [7, 11) is 0. The minimum atomic E-state index is -5.42. The second-order valence-corrected chi connectivity index (χ2v) is 5.26. The van der Waals surface area contributed by atoms with E-state index in [1.54, 1.807) is 0 Å². The molecule has 0 rings (SSSR count). The molecular weight excluding hydrogens is 414 g/mol. The standard InChI is InChI=1S/C13H22F6O9/c14-11(15,7-25-2-1-24-5-9(22)3-20)27-13(18,19)28-12(16,17)8-26-6-10(23)4-21/h9-10,20-23H,1-8H2. The van der Waals surface area contributed by atoms with Gasteiger partial charge in [0.1, 0.15) is 25.4 Å². The van der Waals surface area contributed by atoms with E-state index < -0.39 is 70.4 Å². The summed E-state index contributed by atoms with van der Waals surface area (Å²) in [6, 6.07) is 0. The normalized spacial score (nSPS) is 15.6. The van der Waals surface area contributed by atoms with Crippen LogP contribution < -0.4 is 0 Å². The fraction of sp³-hybridized carbons (Fsp3) is 1.00. The van der Waals surface area contributed by atoms with Crippen molar-refractivity contribution in [3.05, 3.63) is 0 Å². The highest BCUT2D eigenvalue weighted by atomic mass is 19.3. The molecule has 4 N–H and O–H groups in total. The van der Waals surface area contributed by atoms with Gasteiger partial charge in [-0.2, -0.15) is 17.6 Å². The van der Waals surface area contributed by atoms with Gasteiger partial charge in [-0.1, -0.05) is 0 Å². The fourth-order valence-corrected chi connectivity index (χ4v) is 1.37. The Kier molecular flexibility index (Phi) is 12.4. The highest BCUT2D eigenvalue weighted by Gasteiger charge is 2.52. The largest absolute Gasteiger partial charge is 0.495 e. The lowest BCUT2D eigenvalue weighted by Gasteiger charge is -2.26. The Balaban J connectivity index is 4.25.